The molecular formula is C25H25ClN2O5S. The molecule has 1 atom stereocenters. The van der Waals surface area contributed by atoms with E-state index in [1.807, 2.05) is 30.3 Å². The zero-order chi connectivity index (χ0) is 24.5. The van der Waals surface area contributed by atoms with Gasteiger partial charge in [-0.15, -0.1) is 11.8 Å². The number of para-hydroxylation sites is 1. The Bertz CT molecular complexity index is 1130. The Labute approximate surface area is 207 Å². The van der Waals surface area contributed by atoms with Crippen LogP contribution in [0.1, 0.15) is 6.92 Å². The number of benzene rings is 3. The number of hydrogen-bond acceptors (Lipinski definition) is 6. The number of thioether (sulfide) groups is 1. The molecule has 3 aromatic rings. The highest BCUT2D eigenvalue weighted by Gasteiger charge is 2.18. The Morgan fingerprint density at radius 3 is 2.26 bits per heavy atom. The average molecular weight is 501 g/mol. The molecule has 0 saturated carbocycles. The SMILES string of the molecule is COc1cc(OC)c(NC(=O)C(C)Sc2ccc(NC(=O)COc3ccccc3)cc2)cc1Cl. The lowest BCUT2D eigenvalue weighted by Gasteiger charge is -2.16. The Balaban J connectivity index is 1.53. The van der Waals surface area contributed by atoms with Crippen molar-refractivity contribution in [3.05, 3.63) is 71.8 Å². The van der Waals surface area contributed by atoms with Crippen LogP contribution in [0.15, 0.2) is 71.6 Å². The molecule has 7 nitrogen and oxygen atoms in total. The van der Waals surface area contributed by atoms with E-state index in [2.05, 4.69) is 10.6 Å². The Morgan fingerprint density at radius 1 is 0.941 bits per heavy atom. The van der Waals surface area contributed by atoms with Crippen molar-refractivity contribution in [3.8, 4) is 17.2 Å². The maximum Gasteiger partial charge on any atom is 0.262 e. The molecule has 3 aromatic carbocycles. The van der Waals surface area contributed by atoms with E-state index in [0.717, 1.165) is 4.90 Å². The summed E-state index contributed by atoms with van der Waals surface area (Å²) >= 11 is 7.56. The first-order valence-corrected chi connectivity index (χ1v) is 11.6. The molecule has 9 heteroatoms. The molecule has 0 radical (unpaired) electrons. The lowest BCUT2D eigenvalue weighted by Crippen LogP contribution is -2.22. The lowest BCUT2D eigenvalue weighted by molar-refractivity contribution is -0.118. The quantitative estimate of drug-likeness (QED) is 0.358. The van der Waals surface area contributed by atoms with Crippen molar-refractivity contribution in [2.45, 2.75) is 17.1 Å². The van der Waals surface area contributed by atoms with Crippen LogP contribution in [0.4, 0.5) is 11.4 Å². The fourth-order valence-corrected chi connectivity index (χ4v) is 4.04. The molecule has 0 bridgehead atoms. The van der Waals surface area contributed by atoms with Crippen LogP contribution in [0.3, 0.4) is 0 Å². The average Bonchev–Trinajstić information content (AvgIpc) is 2.84. The number of ether oxygens (including phenoxy) is 3. The van der Waals surface area contributed by atoms with Crippen LogP contribution in [0.5, 0.6) is 17.2 Å². The molecule has 3 rings (SSSR count). The van der Waals surface area contributed by atoms with Crippen LogP contribution >= 0.6 is 23.4 Å². The largest absolute Gasteiger partial charge is 0.495 e. The normalized spacial score (nSPS) is 11.3. The van der Waals surface area contributed by atoms with Crippen LogP contribution < -0.4 is 24.8 Å². The smallest absolute Gasteiger partial charge is 0.262 e. The van der Waals surface area contributed by atoms with Gasteiger partial charge >= 0.3 is 0 Å². The van der Waals surface area contributed by atoms with Crippen LogP contribution in [0.25, 0.3) is 0 Å². The first-order chi connectivity index (χ1) is 16.4. The number of amides is 2. The Morgan fingerprint density at radius 2 is 1.62 bits per heavy atom. The van der Waals surface area contributed by atoms with Crippen molar-refractivity contribution in [2.24, 2.45) is 0 Å². The molecule has 0 aliphatic heterocycles. The number of halogens is 1. The second-order valence-corrected chi connectivity index (χ2v) is 8.93. The fraction of sp³-hybridized carbons (Fsp3) is 0.200. The van der Waals surface area contributed by atoms with Gasteiger partial charge in [-0.05, 0) is 49.4 Å². The van der Waals surface area contributed by atoms with E-state index in [9.17, 15) is 9.59 Å². The van der Waals surface area contributed by atoms with Crippen molar-refractivity contribution in [2.75, 3.05) is 31.5 Å². The molecule has 1 unspecified atom stereocenters. The molecular weight excluding hydrogens is 476 g/mol. The monoisotopic (exact) mass is 500 g/mol. The summed E-state index contributed by atoms with van der Waals surface area (Å²) in [4.78, 5) is 25.7. The van der Waals surface area contributed by atoms with Crippen molar-refractivity contribution in [1.29, 1.82) is 0 Å². The van der Waals surface area contributed by atoms with E-state index < -0.39 is 5.25 Å². The highest BCUT2D eigenvalue weighted by molar-refractivity contribution is 8.00. The topological polar surface area (TPSA) is 85.9 Å². The minimum Gasteiger partial charge on any atom is -0.495 e. The first-order valence-electron chi connectivity index (χ1n) is 10.4. The highest BCUT2D eigenvalue weighted by atomic mass is 35.5. The van der Waals surface area contributed by atoms with Gasteiger partial charge in [0.1, 0.15) is 17.2 Å². The van der Waals surface area contributed by atoms with E-state index in [4.69, 9.17) is 25.8 Å². The van der Waals surface area contributed by atoms with E-state index in [1.165, 1.54) is 26.0 Å². The number of rotatable bonds is 10. The number of anilines is 2. The van der Waals surface area contributed by atoms with Gasteiger partial charge in [-0.25, -0.2) is 0 Å². The second kappa shape index (κ2) is 12.2. The van der Waals surface area contributed by atoms with Crippen LogP contribution in [-0.2, 0) is 9.59 Å². The molecule has 0 aliphatic rings. The third kappa shape index (κ3) is 7.07. The van der Waals surface area contributed by atoms with Gasteiger partial charge in [0.2, 0.25) is 5.91 Å². The van der Waals surface area contributed by atoms with Gasteiger partial charge in [0.05, 0.1) is 30.2 Å². The van der Waals surface area contributed by atoms with E-state index in [0.29, 0.717) is 33.6 Å². The zero-order valence-electron chi connectivity index (χ0n) is 19.0. The van der Waals surface area contributed by atoms with Crippen LogP contribution in [0, 0.1) is 0 Å². The summed E-state index contributed by atoms with van der Waals surface area (Å²) in [5.41, 5.74) is 1.10. The minimum atomic E-state index is -0.398. The molecule has 178 valence electrons. The summed E-state index contributed by atoms with van der Waals surface area (Å²) in [6.07, 6.45) is 0. The summed E-state index contributed by atoms with van der Waals surface area (Å²) in [5, 5.41) is 5.60. The molecule has 2 amide bonds. The van der Waals surface area contributed by atoms with Crippen molar-refractivity contribution in [1.82, 2.24) is 0 Å². The van der Waals surface area contributed by atoms with E-state index in [-0.39, 0.29) is 18.4 Å². The lowest BCUT2D eigenvalue weighted by atomic mass is 10.2. The molecule has 0 aliphatic carbocycles. The van der Waals surface area contributed by atoms with Gasteiger partial charge < -0.3 is 24.8 Å². The molecule has 0 fully saturated rings. The number of methoxy groups -OCH3 is 2. The number of carbonyl (C=O) groups is 2. The van der Waals surface area contributed by atoms with Crippen LogP contribution in [0.2, 0.25) is 5.02 Å². The van der Waals surface area contributed by atoms with Crippen molar-refractivity contribution < 1.29 is 23.8 Å². The van der Waals surface area contributed by atoms with Crippen molar-refractivity contribution in [3.63, 3.8) is 0 Å². The summed E-state index contributed by atoms with van der Waals surface area (Å²) in [6, 6.07) is 19.6. The summed E-state index contributed by atoms with van der Waals surface area (Å²) < 4.78 is 15.9. The molecule has 0 aromatic heterocycles. The van der Waals surface area contributed by atoms with Gasteiger partial charge in [-0.1, -0.05) is 29.8 Å². The minimum absolute atomic E-state index is 0.0867. The van der Waals surface area contributed by atoms with Gasteiger partial charge in [-0.2, -0.15) is 0 Å². The Hall–Kier alpha value is -3.36. The maximum absolute atomic E-state index is 12.7. The zero-order valence-corrected chi connectivity index (χ0v) is 20.5. The van der Waals surface area contributed by atoms with Crippen molar-refractivity contribution >= 4 is 46.6 Å². The summed E-state index contributed by atoms with van der Waals surface area (Å²) in [6.45, 7) is 1.71. The van der Waals surface area contributed by atoms with Gasteiger partial charge in [-0.3, -0.25) is 9.59 Å². The predicted octanol–water partition coefficient (Wildman–Crippen LogP) is 5.49. The fourth-order valence-electron chi connectivity index (χ4n) is 2.93. The molecule has 0 heterocycles. The molecule has 0 spiro atoms. The van der Waals surface area contributed by atoms with Crippen LogP contribution in [-0.4, -0.2) is 37.9 Å². The molecule has 2 N–H and O–H groups in total. The predicted molar refractivity (Wildman–Crippen MR) is 136 cm³/mol. The van der Waals surface area contributed by atoms with Gasteiger partial charge in [0, 0.05) is 16.6 Å². The number of nitrogens with one attached hydrogen (secondary N) is 2. The van der Waals surface area contributed by atoms with E-state index >= 15 is 0 Å². The first kappa shape index (κ1) is 25.3. The standard InChI is InChI=1S/C25H25ClN2O5S/c1-16(25(30)28-21-13-20(26)22(31-2)14-23(21)32-3)34-19-11-9-17(10-12-19)27-24(29)15-33-18-7-5-4-6-8-18/h4-14,16H,15H2,1-3H3,(H,27,29)(H,28,30). The van der Waals surface area contributed by atoms with Gasteiger partial charge in [0.25, 0.3) is 5.91 Å². The third-order valence-corrected chi connectivity index (χ3v) is 6.07. The molecule has 0 saturated heterocycles. The second-order valence-electron chi connectivity index (χ2n) is 7.11. The Kier molecular flexibility index (Phi) is 9.07. The summed E-state index contributed by atoms with van der Waals surface area (Å²) in [7, 11) is 3.01. The van der Waals surface area contributed by atoms with Gasteiger partial charge in [0.15, 0.2) is 6.61 Å². The number of carbonyl (C=O) groups excluding carboxylic acids is 2. The third-order valence-electron chi connectivity index (χ3n) is 4.67. The summed E-state index contributed by atoms with van der Waals surface area (Å²) in [5.74, 6) is 1.07. The number of hydrogen-bond donors (Lipinski definition) is 2. The van der Waals surface area contributed by atoms with E-state index in [1.54, 1.807) is 43.3 Å². The maximum atomic E-state index is 12.7. The highest BCUT2D eigenvalue weighted by Crippen LogP contribution is 2.36. The molecule has 34 heavy (non-hydrogen) atoms.